The second kappa shape index (κ2) is 6.37. The van der Waals surface area contributed by atoms with Crippen LogP contribution in [-0.2, 0) is 6.42 Å². The average molecular weight is 311 g/mol. The van der Waals surface area contributed by atoms with Crippen LogP contribution in [0.2, 0.25) is 5.02 Å². The van der Waals surface area contributed by atoms with Crippen molar-refractivity contribution in [1.29, 1.82) is 0 Å². The van der Waals surface area contributed by atoms with E-state index in [1.165, 1.54) is 22.1 Å². The number of halogens is 1. The molecule has 1 aromatic heterocycles. The lowest BCUT2D eigenvalue weighted by Crippen LogP contribution is -2.05. The highest BCUT2D eigenvalue weighted by molar-refractivity contribution is 6.30. The Morgan fingerprint density at radius 3 is 2.59 bits per heavy atom. The van der Waals surface area contributed by atoms with E-state index < -0.39 is 0 Å². The zero-order valence-corrected chi connectivity index (χ0v) is 13.6. The first-order chi connectivity index (χ1) is 10.6. The first kappa shape index (κ1) is 14.9. The van der Waals surface area contributed by atoms with Crippen molar-refractivity contribution in [3.8, 4) is 0 Å². The molecule has 22 heavy (non-hydrogen) atoms. The Morgan fingerprint density at radius 2 is 1.82 bits per heavy atom. The van der Waals surface area contributed by atoms with Gasteiger partial charge in [0.1, 0.15) is 0 Å². The van der Waals surface area contributed by atoms with Crippen LogP contribution in [0, 0.1) is 13.8 Å². The van der Waals surface area contributed by atoms with E-state index in [4.69, 9.17) is 11.6 Å². The van der Waals surface area contributed by atoms with Crippen molar-refractivity contribution in [1.82, 2.24) is 4.98 Å². The van der Waals surface area contributed by atoms with Crippen LogP contribution in [0.1, 0.15) is 16.7 Å². The highest BCUT2D eigenvalue weighted by Gasteiger charge is 2.05. The van der Waals surface area contributed by atoms with Crippen LogP contribution in [0.15, 0.2) is 48.7 Å². The van der Waals surface area contributed by atoms with Gasteiger partial charge in [0.05, 0.1) is 5.52 Å². The maximum atomic E-state index is 5.91. The summed E-state index contributed by atoms with van der Waals surface area (Å²) in [6, 6.07) is 14.4. The Bertz CT molecular complexity index is 794. The highest BCUT2D eigenvalue weighted by Crippen LogP contribution is 2.25. The molecule has 112 valence electrons. The minimum absolute atomic E-state index is 0.780. The van der Waals surface area contributed by atoms with Gasteiger partial charge in [-0.1, -0.05) is 35.4 Å². The van der Waals surface area contributed by atoms with E-state index in [1.807, 2.05) is 24.4 Å². The molecule has 0 saturated carbocycles. The van der Waals surface area contributed by atoms with Crippen LogP contribution in [-0.4, -0.2) is 11.5 Å². The molecule has 0 aliphatic rings. The number of hydrogen-bond acceptors (Lipinski definition) is 2. The fourth-order valence-corrected chi connectivity index (χ4v) is 2.89. The van der Waals surface area contributed by atoms with Gasteiger partial charge in [-0.3, -0.25) is 4.98 Å². The predicted octanol–water partition coefficient (Wildman–Crippen LogP) is 5.16. The Balaban J connectivity index is 1.78. The molecule has 0 aliphatic carbocycles. The van der Waals surface area contributed by atoms with Crippen LogP contribution in [0.25, 0.3) is 10.9 Å². The Hall–Kier alpha value is -2.06. The Kier molecular flexibility index (Phi) is 4.30. The fourth-order valence-electron chi connectivity index (χ4n) is 2.76. The highest BCUT2D eigenvalue weighted by atomic mass is 35.5. The maximum absolute atomic E-state index is 5.91. The van der Waals surface area contributed by atoms with Crippen LogP contribution in [0.4, 0.5) is 5.69 Å². The summed E-state index contributed by atoms with van der Waals surface area (Å²) in [6.45, 7) is 5.12. The van der Waals surface area contributed by atoms with Gasteiger partial charge >= 0.3 is 0 Å². The van der Waals surface area contributed by atoms with E-state index in [-0.39, 0.29) is 0 Å². The molecular weight excluding hydrogens is 292 g/mol. The zero-order valence-electron chi connectivity index (χ0n) is 12.9. The molecule has 0 fully saturated rings. The standard InChI is InChI=1S/C19H19ClN2/c1-13-11-14(2)19-17(12-13)18(8-10-22-19)21-9-7-15-3-5-16(20)6-4-15/h3-6,8,10-12H,7,9H2,1-2H3,(H,21,22). The molecule has 2 aromatic carbocycles. The summed E-state index contributed by atoms with van der Waals surface area (Å²) in [7, 11) is 0. The smallest absolute Gasteiger partial charge is 0.0752 e. The van der Waals surface area contributed by atoms with Crippen molar-refractivity contribution in [3.05, 3.63) is 70.4 Å². The molecular formula is C19H19ClN2. The summed E-state index contributed by atoms with van der Waals surface area (Å²) < 4.78 is 0. The third-order valence-electron chi connectivity index (χ3n) is 3.82. The maximum Gasteiger partial charge on any atom is 0.0752 e. The molecule has 0 saturated heterocycles. The summed E-state index contributed by atoms with van der Waals surface area (Å²) >= 11 is 5.91. The topological polar surface area (TPSA) is 24.9 Å². The van der Waals surface area contributed by atoms with E-state index >= 15 is 0 Å². The number of pyridine rings is 1. The van der Waals surface area contributed by atoms with Crippen molar-refractivity contribution in [2.45, 2.75) is 20.3 Å². The van der Waals surface area contributed by atoms with Crippen LogP contribution < -0.4 is 5.32 Å². The number of benzene rings is 2. The van der Waals surface area contributed by atoms with Gasteiger partial charge in [0, 0.05) is 28.8 Å². The van der Waals surface area contributed by atoms with Crippen LogP contribution >= 0.6 is 11.6 Å². The lowest BCUT2D eigenvalue weighted by molar-refractivity contribution is 1.02. The summed E-state index contributed by atoms with van der Waals surface area (Å²) in [4.78, 5) is 4.50. The number of anilines is 1. The van der Waals surface area contributed by atoms with E-state index in [9.17, 15) is 0 Å². The molecule has 0 spiro atoms. The quantitative estimate of drug-likeness (QED) is 0.720. The molecule has 3 heteroatoms. The van der Waals surface area contributed by atoms with Crippen molar-refractivity contribution < 1.29 is 0 Å². The number of aryl methyl sites for hydroxylation is 2. The number of fused-ring (bicyclic) bond motifs is 1. The molecule has 0 bridgehead atoms. The van der Waals surface area contributed by atoms with Gasteiger partial charge in [0.15, 0.2) is 0 Å². The molecule has 1 N–H and O–H groups in total. The summed E-state index contributed by atoms with van der Waals surface area (Å²) in [6.07, 6.45) is 2.83. The monoisotopic (exact) mass is 310 g/mol. The molecule has 2 nitrogen and oxygen atoms in total. The number of aromatic nitrogens is 1. The number of hydrogen-bond donors (Lipinski definition) is 1. The van der Waals surface area contributed by atoms with Gasteiger partial charge in [-0.25, -0.2) is 0 Å². The van der Waals surface area contributed by atoms with E-state index in [0.29, 0.717) is 0 Å². The van der Waals surface area contributed by atoms with Crippen LogP contribution in [0.5, 0.6) is 0 Å². The van der Waals surface area contributed by atoms with Crippen molar-refractivity contribution in [2.75, 3.05) is 11.9 Å². The SMILES string of the molecule is Cc1cc(C)c2nccc(NCCc3ccc(Cl)cc3)c2c1. The number of rotatable bonds is 4. The summed E-state index contributed by atoms with van der Waals surface area (Å²) in [5, 5.41) is 5.50. The van der Waals surface area contributed by atoms with E-state index in [2.05, 4.69) is 48.4 Å². The van der Waals surface area contributed by atoms with Crippen molar-refractivity contribution in [2.24, 2.45) is 0 Å². The van der Waals surface area contributed by atoms with Gasteiger partial charge in [-0.2, -0.15) is 0 Å². The minimum atomic E-state index is 0.780. The fraction of sp³-hybridized carbons (Fsp3) is 0.211. The second-order valence-electron chi connectivity index (χ2n) is 5.64. The zero-order chi connectivity index (χ0) is 15.5. The molecule has 0 atom stereocenters. The van der Waals surface area contributed by atoms with Gasteiger partial charge in [0.25, 0.3) is 0 Å². The average Bonchev–Trinajstić information content (AvgIpc) is 2.50. The van der Waals surface area contributed by atoms with Crippen LogP contribution in [0.3, 0.4) is 0 Å². The molecule has 3 aromatic rings. The lowest BCUT2D eigenvalue weighted by atomic mass is 10.1. The molecule has 0 unspecified atom stereocenters. The molecule has 0 radical (unpaired) electrons. The second-order valence-corrected chi connectivity index (χ2v) is 6.08. The third-order valence-corrected chi connectivity index (χ3v) is 4.07. The molecule has 3 rings (SSSR count). The molecule has 0 aliphatic heterocycles. The van der Waals surface area contributed by atoms with Crippen molar-refractivity contribution >= 4 is 28.2 Å². The molecule has 1 heterocycles. The van der Waals surface area contributed by atoms with E-state index in [0.717, 1.165) is 29.2 Å². The first-order valence-corrected chi connectivity index (χ1v) is 7.85. The van der Waals surface area contributed by atoms with Gasteiger partial charge in [-0.15, -0.1) is 0 Å². The number of nitrogens with zero attached hydrogens (tertiary/aromatic N) is 1. The predicted molar refractivity (Wildman–Crippen MR) is 94.9 cm³/mol. The minimum Gasteiger partial charge on any atom is -0.384 e. The largest absolute Gasteiger partial charge is 0.384 e. The summed E-state index contributed by atoms with van der Waals surface area (Å²) in [5.41, 5.74) is 5.98. The third kappa shape index (κ3) is 3.23. The van der Waals surface area contributed by atoms with Crippen molar-refractivity contribution in [3.63, 3.8) is 0 Å². The van der Waals surface area contributed by atoms with Gasteiger partial charge in [0.2, 0.25) is 0 Å². The Morgan fingerprint density at radius 1 is 1.05 bits per heavy atom. The number of nitrogens with one attached hydrogen (secondary N) is 1. The van der Waals surface area contributed by atoms with E-state index in [1.54, 1.807) is 0 Å². The first-order valence-electron chi connectivity index (χ1n) is 7.48. The lowest BCUT2D eigenvalue weighted by Gasteiger charge is -2.11. The normalized spacial score (nSPS) is 10.9. The molecule has 0 amide bonds. The summed E-state index contributed by atoms with van der Waals surface area (Å²) in [5.74, 6) is 0. The van der Waals surface area contributed by atoms with Gasteiger partial charge in [-0.05, 0) is 55.7 Å². The van der Waals surface area contributed by atoms with Gasteiger partial charge < -0.3 is 5.32 Å². The Labute approximate surface area is 136 Å².